The number of nitrogens with zero attached hydrogens (tertiary/aromatic N) is 1. The Kier molecular flexibility index (Phi) is 4.88. The van der Waals surface area contributed by atoms with E-state index in [0.717, 1.165) is 5.56 Å². The highest BCUT2D eigenvalue weighted by atomic mass is 16.6. The summed E-state index contributed by atoms with van der Waals surface area (Å²) in [6.45, 7) is 1.75. The Morgan fingerprint density at radius 1 is 1.12 bits per heavy atom. The summed E-state index contributed by atoms with van der Waals surface area (Å²) < 4.78 is 15.8. The van der Waals surface area contributed by atoms with Crippen molar-refractivity contribution in [2.45, 2.75) is 25.8 Å². The first-order chi connectivity index (χ1) is 12.1. The van der Waals surface area contributed by atoms with E-state index >= 15 is 0 Å². The van der Waals surface area contributed by atoms with Gasteiger partial charge in [-0.05, 0) is 36.8 Å². The quantitative estimate of drug-likeness (QED) is 0.799. The lowest BCUT2D eigenvalue weighted by molar-refractivity contribution is -0.142. The molecule has 2 aromatic carbocycles. The van der Waals surface area contributed by atoms with Crippen LogP contribution in [0.4, 0.5) is 4.79 Å². The molecule has 1 heterocycles. The molecule has 0 spiro atoms. The van der Waals surface area contributed by atoms with Gasteiger partial charge in [-0.2, -0.15) is 0 Å². The number of ether oxygens (including phenoxy) is 3. The molecule has 1 aliphatic rings. The Bertz CT molecular complexity index is 744. The van der Waals surface area contributed by atoms with Gasteiger partial charge in [-0.25, -0.2) is 9.59 Å². The molecule has 0 aliphatic carbocycles. The maximum absolute atomic E-state index is 12.5. The van der Waals surface area contributed by atoms with E-state index in [1.165, 1.54) is 4.90 Å². The molecule has 0 unspecified atom stereocenters. The second-order valence-electron chi connectivity index (χ2n) is 5.69. The normalized spacial score (nSPS) is 19.4. The Hall–Kier alpha value is -3.02. The molecule has 2 atom stereocenters. The lowest BCUT2D eigenvalue weighted by Crippen LogP contribution is -2.38. The lowest BCUT2D eigenvalue weighted by atomic mass is 10.1. The summed E-state index contributed by atoms with van der Waals surface area (Å²) in [4.78, 5) is 25.8. The molecule has 25 heavy (non-hydrogen) atoms. The first kappa shape index (κ1) is 16.8. The van der Waals surface area contributed by atoms with Crippen LogP contribution in [-0.2, 0) is 20.9 Å². The number of amides is 1. The van der Waals surface area contributed by atoms with Gasteiger partial charge in [0.15, 0.2) is 0 Å². The van der Waals surface area contributed by atoms with Crippen molar-refractivity contribution < 1.29 is 23.8 Å². The predicted molar refractivity (Wildman–Crippen MR) is 89.8 cm³/mol. The van der Waals surface area contributed by atoms with Crippen LogP contribution < -0.4 is 4.74 Å². The Labute approximate surface area is 145 Å². The molecule has 0 bridgehead atoms. The van der Waals surface area contributed by atoms with Crippen molar-refractivity contribution in [1.82, 2.24) is 4.90 Å². The number of carbonyl (C=O) groups excluding carboxylic acids is 2. The standard InChI is InChI=1S/C19H19NO5/c1-13-18(21)25-17(15-8-10-16(23-2)11-9-15)20(13)19(22)24-12-14-6-4-3-5-7-14/h3-11,13,17H,12H2,1-2H3/t13-,17-/m0/s1. The van der Waals surface area contributed by atoms with E-state index in [1.807, 2.05) is 30.3 Å². The molecule has 130 valence electrons. The molecular formula is C19H19NO5. The van der Waals surface area contributed by atoms with Crippen LogP contribution in [0.3, 0.4) is 0 Å². The van der Waals surface area contributed by atoms with Gasteiger partial charge in [-0.15, -0.1) is 0 Å². The molecule has 6 nitrogen and oxygen atoms in total. The van der Waals surface area contributed by atoms with E-state index in [9.17, 15) is 9.59 Å². The van der Waals surface area contributed by atoms with E-state index in [4.69, 9.17) is 14.2 Å². The van der Waals surface area contributed by atoms with Crippen LogP contribution in [0, 0.1) is 0 Å². The molecule has 1 saturated heterocycles. The highest BCUT2D eigenvalue weighted by molar-refractivity contribution is 5.84. The molecule has 3 rings (SSSR count). The van der Waals surface area contributed by atoms with Crippen LogP contribution in [0.25, 0.3) is 0 Å². The van der Waals surface area contributed by atoms with Gasteiger partial charge < -0.3 is 14.2 Å². The third kappa shape index (κ3) is 3.57. The van der Waals surface area contributed by atoms with Crippen molar-refractivity contribution >= 4 is 12.1 Å². The number of esters is 1. The molecule has 1 aliphatic heterocycles. The van der Waals surface area contributed by atoms with Gasteiger partial charge in [-0.3, -0.25) is 4.90 Å². The lowest BCUT2D eigenvalue weighted by Gasteiger charge is -2.24. The van der Waals surface area contributed by atoms with Crippen molar-refractivity contribution in [3.8, 4) is 5.75 Å². The van der Waals surface area contributed by atoms with Gasteiger partial charge in [0.05, 0.1) is 7.11 Å². The highest BCUT2D eigenvalue weighted by Gasteiger charge is 2.44. The maximum atomic E-state index is 12.5. The van der Waals surface area contributed by atoms with E-state index in [2.05, 4.69) is 0 Å². The molecule has 1 amide bonds. The largest absolute Gasteiger partial charge is 0.497 e. The van der Waals surface area contributed by atoms with Crippen LogP contribution >= 0.6 is 0 Å². The summed E-state index contributed by atoms with van der Waals surface area (Å²) in [5, 5.41) is 0. The van der Waals surface area contributed by atoms with E-state index < -0.39 is 24.3 Å². The van der Waals surface area contributed by atoms with Crippen molar-refractivity contribution in [3.63, 3.8) is 0 Å². The molecular weight excluding hydrogens is 322 g/mol. The molecule has 2 aromatic rings. The third-order valence-electron chi connectivity index (χ3n) is 4.06. The maximum Gasteiger partial charge on any atom is 0.414 e. The Balaban J connectivity index is 1.75. The average molecular weight is 341 g/mol. The summed E-state index contributed by atoms with van der Waals surface area (Å²) >= 11 is 0. The van der Waals surface area contributed by atoms with Crippen molar-refractivity contribution in [2.75, 3.05) is 7.11 Å². The van der Waals surface area contributed by atoms with Gasteiger partial charge in [0.1, 0.15) is 18.4 Å². The second kappa shape index (κ2) is 7.25. The van der Waals surface area contributed by atoms with Crippen LogP contribution in [-0.4, -0.2) is 30.1 Å². The summed E-state index contributed by atoms with van der Waals surface area (Å²) in [5.41, 5.74) is 1.55. The summed E-state index contributed by atoms with van der Waals surface area (Å²) in [5.74, 6) is 0.219. The summed E-state index contributed by atoms with van der Waals surface area (Å²) in [6.07, 6.45) is -1.40. The number of cyclic esters (lactones) is 1. The van der Waals surface area contributed by atoms with Gasteiger partial charge in [0.2, 0.25) is 6.23 Å². The van der Waals surface area contributed by atoms with Gasteiger partial charge in [0, 0.05) is 5.56 Å². The summed E-state index contributed by atoms with van der Waals surface area (Å²) in [6, 6.07) is 15.7. The minimum absolute atomic E-state index is 0.131. The minimum atomic E-state index is -0.809. The van der Waals surface area contributed by atoms with E-state index in [-0.39, 0.29) is 6.61 Å². The fourth-order valence-electron chi connectivity index (χ4n) is 2.63. The van der Waals surface area contributed by atoms with E-state index in [1.54, 1.807) is 38.3 Å². The van der Waals surface area contributed by atoms with Crippen LogP contribution in [0.15, 0.2) is 54.6 Å². The monoisotopic (exact) mass is 341 g/mol. The smallest absolute Gasteiger partial charge is 0.414 e. The topological polar surface area (TPSA) is 65.1 Å². The van der Waals surface area contributed by atoms with Crippen molar-refractivity contribution in [2.24, 2.45) is 0 Å². The number of rotatable bonds is 4. The highest BCUT2D eigenvalue weighted by Crippen LogP contribution is 2.33. The molecule has 1 fully saturated rings. The van der Waals surface area contributed by atoms with E-state index in [0.29, 0.717) is 11.3 Å². The molecule has 0 saturated carbocycles. The van der Waals surface area contributed by atoms with Crippen LogP contribution in [0.5, 0.6) is 5.75 Å². The Morgan fingerprint density at radius 3 is 2.44 bits per heavy atom. The van der Waals surface area contributed by atoms with Gasteiger partial charge in [-0.1, -0.05) is 30.3 Å². The number of carbonyl (C=O) groups is 2. The summed E-state index contributed by atoms with van der Waals surface area (Å²) in [7, 11) is 1.57. The fraction of sp³-hybridized carbons (Fsp3) is 0.263. The van der Waals surface area contributed by atoms with Crippen molar-refractivity contribution in [1.29, 1.82) is 0 Å². The third-order valence-corrected chi connectivity index (χ3v) is 4.06. The number of hydrogen-bond donors (Lipinski definition) is 0. The van der Waals surface area contributed by atoms with Crippen LogP contribution in [0.1, 0.15) is 24.3 Å². The number of methoxy groups -OCH3 is 1. The number of benzene rings is 2. The first-order valence-corrected chi connectivity index (χ1v) is 7.93. The zero-order valence-corrected chi connectivity index (χ0v) is 14.0. The second-order valence-corrected chi connectivity index (χ2v) is 5.69. The molecule has 6 heteroatoms. The predicted octanol–water partition coefficient (Wildman–Crippen LogP) is 3.28. The number of hydrogen-bond acceptors (Lipinski definition) is 5. The Morgan fingerprint density at radius 2 is 1.80 bits per heavy atom. The fourth-order valence-corrected chi connectivity index (χ4v) is 2.63. The van der Waals surface area contributed by atoms with Gasteiger partial charge in [0.25, 0.3) is 0 Å². The van der Waals surface area contributed by atoms with Crippen LogP contribution in [0.2, 0.25) is 0 Å². The molecule has 0 N–H and O–H groups in total. The molecule has 0 radical (unpaired) electrons. The average Bonchev–Trinajstić information content (AvgIpc) is 2.95. The first-order valence-electron chi connectivity index (χ1n) is 7.93. The van der Waals surface area contributed by atoms with Gasteiger partial charge >= 0.3 is 12.1 Å². The zero-order chi connectivity index (χ0) is 17.8. The molecule has 0 aromatic heterocycles. The minimum Gasteiger partial charge on any atom is -0.497 e. The SMILES string of the molecule is COc1ccc([C@@H]2OC(=O)[C@H](C)N2C(=O)OCc2ccccc2)cc1. The zero-order valence-electron chi connectivity index (χ0n) is 14.0. The van der Waals surface area contributed by atoms with Crippen molar-refractivity contribution in [3.05, 3.63) is 65.7 Å².